The molecule has 2 rings (SSSR count). The minimum atomic E-state index is -0.0926. The van der Waals surface area contributed by atoms with Crippen LogP contribution in [0.2, 0.25) is 0 Å². The zero-order chi connectivity index (χ0) is 20.4. The first-order valence-electron chi connectivity index (χ1n) is 11.0. The fourth-order valence-electron chi connectivity index (χ4n) is 4.94. The zero-order valence-corrected chi connectivity index (χ0v) is 19.0. The van der Waals surface area contributed by atoms with Crippen molar-refractivity contribution < 1.29 is 9.84 Å². The quantitative estimate of drug-likeness (QED) is 0.518. The number of fused-ring (bicyclic) bond motifs is 1. The standard InChI is InChI=1S/C25H42O2/c1-16(2)10-9-11-17(3)14-18(4)15-25(8)13-12-22-21(7)23(26)19(5)20(6)24(22)27-25/h16-18,26H,9-15H2,1-8H3/t17-,18-,25+/m1/s1. The number of hydrogen-bond donors (Lipinski definition) is 1. The highest BCUT2D eigenvalue weighted by atomic mass is 16.5. The van der Waals surface area contributed by atoms with E-state index >= 15 is 0 Å². The molecule has 0 aromatic heterocycles. The van der Waals surface area contributed by atoms with Crippen LogP contribution in [-0.2, 0) is 6.42 Å². The first kappa shape index (κ1) is 22.1. The molecule has 27 heavy (non-hydrogen) atoms. The van der Waals surface area contributed by atoms with Gasteiger partial charge >= 0.3 is 0 Å². The maximum absolute atomic E-state index is 10.4. The van der Waals surface area contributed by atoms with Crippen LogP contribution in [-0.4, -0.2) is 10.7 Å². The van der Waals surface area contributed by atoms with Crippen molar-refractivity contribution >= 4 is 0 Å². The number of benzene rings is 1. The highest BCUT2D eigenvalue weighted by Gasteiger charge is 2.35. The number of hydrogen-bond acceptors (Lipinski definition) is 2. The Morgan fingerprint density at radius 2 is 1.63 bits per heavy atom. The average molecular weight is 375 g/mol. The van der Waals surface area contributed by atoms with Gasteiger partial charge in [-0.1, -0.05) is 47.0 Å². The van der Waals surface area contributed by atoms with Gasteiger partial charge in [0.05, 0.1) is 0 Å². The van der Waals surface area contributed by atoms with Crippen molar-refractivity contribution in [1.82, 2.24) is 0 Å². The molecule has 2 heteroatoms. The molecular weight excluding hydrogens is 332 g/mol. The summed E-state index contributed by atoms with van der Waals surface area (Å²) >= 11 is 0. The molecule has 1 heterocycles. The Labute approximate surface area is 167 Å². The summed E-state index contributed by atoms with van der Waals surface area (Å²) in [4.78, 5) is 0. The van der Waals surface area contributed by atoms with Gasteiger partial charge in [0.1, 0.15) is 17.1 Å². The van der Waals surface area contributed by atoms with Crippen molar-refractivity contribution in [2.24, 2.45) is 17.8 Å². The van der Waals surface area contributed by atoms with Crippen molar-refractivity contribution in [3.63, 3.8) is 0 Å². The van der Waals surface area contributed by atoms with E-state index in [0.29, 0.717) is 11.7 Å². The second-order valence-corrected chi connectivity index (χ2v) is 10.1. The molecule has 0 aliphatic carbocycles. The minimum Gasteiger partial charge on any atom is -0.507 e. The van der Waals surface area contributed by atoms with E-state index < -0.39 is 0 Å². The van der Waals surface area contributed by atoms with Gasteiger partial charge in [-0.25, -0.2) is 0 Å². The number of rotatable bonds is 8. The molecule has 0 unspecified atom stereocenters. The molecule has 1 N–H and O–H groups in total. The van der Waals surface area contributed by atoms with Crippen LogP contribution in [0.5, 0.6) is 11.5 Å². The smallest absolute Gasteiger partial charge is 0.127 e. The first-order valence-corrected chi connectivity index (χ1v) is 11.0. The summed E-state index contributed by atoms with van der Waals surface area (Å²) in [5.74, 6) is 3.77. The Balaban J connectivity index is 2.00. The van der Waals surface area contributed by atoms with Crippen LogP contribution in [0.3, 0.4) is 0 Å². The topological polar surface area (TPSA) is 29.5 Å². The third-order valence-electron chi connectivity index (χ3n) is 6.66. The van der Waals surface area contributed by atoms with Gasteiger partial charge in [0, 0.05) is 5.56 Å². The summed E-state index contributed by atoms with van der Waals surface area (Å²) in [6.45, 7) is 17.8. The highest BCUT2D eigenvalue weighted by molar-refractivity contribution is 5.58. The Bertz CT molecular complexity index is 646. The van der Waals surface area contributed by atoms with Gasteiger partial charge in [0.15, 0.2) is 0 Å². The van der Waals surface area contributed by atoms with Gasteiger partial charge in [-0.15, -0.1) is 0 Å². The molecule has 0 radical (unpaired) electrons. The maximum Gasteiger partial charge on any atom is 0.127 e. The molecule has 0 saturated carbocycles. The van der Waals surface area contributed by atoms with Gasteiger partial charge in [0.2, 0.25) is 0 Å². The van der Waals surface area contributed by atoms with Gasteiger partial charge in [0.25, 0.3) is 0 Å². The molecule has 0 spiro atoms. The summed E-state index contributed by atoms with van der Waals surface area (Å²) < 4.78 is 6.62. The molecular formula is C25H42O2. The number of phenols is 1. The fraction of sp³-hybridized carbons (Fsp3) is 0.760. The van der Waals surface area contributed by atoms with E-state index in [1.807, 2.05) is 13.8 Å². The van der Waals surface area contributed by atoms with Crippen LogP contribution < -0.4 is 4.74 Å². The zero-order valence-electron chi connectivity index (χ0n) is 19.0. The molecule has 2 nitrogen and oxygen atoms in total. The molecule has 154 valence electrons. The van der Waals surface area contributed by atoms with E-state index in [4.69, 9.17) is 4.74 Å². The van der Waals surface area contributed by atoms with Crippen LogP contribution in [0.15, 0.2) is 0 Å². The largest absolute Gasteiger partial charge is 0.507 e. The lowest BCUT2D eigenvalue weighted by molar-refractivity contribution is 0.0372. The normalized spacial score (nSPS) is 21.7. The summed E-state index contributed by atoms with van der Waals surface area (Å²) in [5, 5.41) is 10.4. The van der Waals surface area contributed by atoms with Crippen molar-refractivity contribution in [3.05, 3.63) is 22.3 Å². The second-order valence-electron chi connectivity index (χ2n) is 10.1. The molecule has 0 bridgehead atoms. The number of ether oxygens (including phenoxy) is 1. The summed E-state index contributed by atoms with van der Waals surface area (Å²) in [6, 6.07) is 0. The molecule has 1 aromatic carbocycles. The van der Waals surface area contributed by atoms with Crippen molar-refractivity contribution in [3.8, 4) is 11.5 Å². The first-order chi connectivity index (χ1) is 12.5. The third kappa shape index (κ3) is 5.42. The third-order valence-corrected chi connectivity index (χ3v) is 6.66. The lowest BCUT2D eigenvalue weighted by atomic mass is 9.80. The van der Waals surface area contributed by atoms with E-state index in [1.54, 1.807) is 0 Å². The van der Waals surface area contributed by atoms with Gasteiger partial charge in [-0.05, 0) is 87.8 Å². The van der Waals surface area contributed by atoms with E-state index in [-0.39, 0.29) is 5.60 Å². The highest BCUT2D eigenvalue weighted by Crippen LogP contribution is 2.45. The van der Waals surface area contributed by atoms with E-state index in [0.717, 1.165) is 53.5 Å². The monoisotopic (exact) mass is 374 g/mol. The van der Waals surface area contributed by atoms with Crippen molar-refractivity contribution in [2.75, 3.05) is 0 Å². The van der Waals surface area contributed by atoms with Gasteiger partial charge in [-0.2, -0.15) is 0 Å². The van der Waals surface area contributed by atoms with Crippen LogP contribution in [0.4, 0.5) is 0 Å². The SMILES string of the molecule is Cc1c(C)c2c(c(C)c1O)CC[C@@](C)(C[C@H](C)C[C@H](C)CCCC(C)C)O2. The summed E-state index contributed by atoms with van der Waals surface area (Å²) in [7, 11) is 0. The van der Waals surface area contributed by atoms with Crippen LogP contribution >= 0.6 is 0 Å². The average Bonchev–Trinajstić information content (AvgIpc) is 2.57. The summed E-state index contributed by atoms with van der Waals surface area (Å²) in [6.07, 6.45) is 8.49. The molecule has 1 aliphatic rings. The van der Waals surface area contributed by atoms with Crippen molar-refractivity contribution in [1.29, 1.82) is 0 Å². The molecule has 0 fully saturated rings. The molecule has 0 amide bonds. The molecule has 1 aliphatic heterocycles. The Morgan fingerprint density at radius 3 is 2.26 bits per heavy atom. The Morgan fingerprint density at radius 1 is 0.963 bits per heavy atom. The second kappa shape index (κ2) is 8.88. The van der Waals surface area contributed by atoms with Gasteiger partial charge in [-0.3, -0.25) is 0 Å². The minimum absolute atomic E-state index is 0.0926. The number of phenolic OH excluding ortho intramolecular Hbond substituents is 1. The maximum atomic E-state index is 10.4. The summed E-state index contributed by atoms with van der Waals surface area (Å²) in [5.41, 5.74) is 4.19. The van der Waals surface area contributed by atoms with E-state index in [1.165, 1.54) is 31.2 Å². The molecule has 0 saturated heterocycles. The van der Waals surface area contributed by atoms with Crippen molar-refractivity contribution in [2.45, 2.75) is 106 Å². The predicted octanol–water partition coefficient (Wildman–Crippen LogP) is 7.28. The Hall–Kier alpha value is -1.18. The van der Waals surface area contributed by atoms with E-state index in [2.05, 4.69) is 41.5 Å². The number of aromatic hydroxyl groups is 1. The van der Waals surface area contributed by atoms with Gasteiger partial charge < -0.3 is 9.84 Å². The van der Waals surface area contributed by atoms with Crippen LogP contribution in [0.25, 0.3) is 0 Å². The molecule has 3 atom stereocenters. The fourth-order valence-corrected chi connectivity index (χ4v) is 4.94. The lowest BCUT2D eigenvalue weighted by Crippen LogP contribution is -2.38. The van der Waals surface area contributed by atoms with Crippen LogP contribution in [0, 0.1) is 38.5 Å². The predicted molar refractivity (Wildman–Crippen MR) is 116 cm³/mol. The Kier molecular flexibility index (Phi) is 7.27. The van der Waals surface area contributed by atoms with Crippen LogP contribution in [0.1, 0.15) is 95.4 Å². The lowest BCUT2D eigenvalue weighted by Gasteiger charge is -2.39. The van der Waals surface area contributed by atoms with E-state index in [9.17, 15) is 5.11 Å². The molecule has 1 aromatic rings.